The van der Waals surface area contributed by atoms with Gasteiger partial charge in [0.1, 0.15) is 6.61 Å². The monoisotopic (exact) mass is 373 g/mol. The van der Waals surface area contributed by atoms with Crippen LogP contribution in [0.2, 0.25) is 0 Å². The van der Waals surface area contributed by atoms with Gasteiger partial charge in [0.05, 0.1) is 20.3 Å². The van der Waals surface area contributed by atoms with E-state index in [-0.39, 0.29) is 36.9 Å². The summed E-state index contributed by atoms with van der Waals surface area (Å²) in [6.45, 7) is 1.98. The molecule has 1 atom stereocenters. The normalized spacial score (nSPS) is 15.5. The fourth-order valence-electron chi connectivity index (χ4n) is 2.73. The van der Waals surface area contributed by atoms with Gasteiger partial charge in [-0.25, -0.2) is 14.3 Å². The van der Waals surface area contributed by atoms with Crippen LogP contribution in [0.15, 0.2) is 30.3 Å². The minimum Gasteiger partial charge on any atom is -0.484 e. The predicted octanol–water partition coefficient (Wildman–Crippen LogP) is 1.10. The topological polar surface area (TPSA) is 109 Å². The average Bonchev–Trinajstić information content (AvgIpc) is 3.07. The zero-order valence-corrected chi connectivity index (χ0v) is 14.9. The summed E-state index contributed by atoms with van der Waals surface area (Å²) in [5.41, 5.74) is 0.650. The van der Waals surface area contributed by atoms with Gasteiger partial charge in [-0.2, -0.15) is 5.10 Å². The summed E-state index contributed by atoms with van der Waals surface area (Å²) >= 11 is 0. The van der Waals surface area contributed by atoms with Gasteiger partial charge >= 0.3 is 11.9 Å². The number of nitrogens with zero attached hydrogens (tertiary/aromatic N) is 2. The Morgan fingerprint density at radius 1 is 1.30 bits per heavy atom. The van der Waals surface area contributed by atoms with Crippen molar-refractivity contribution in [3.05, 3.63) is 47.3 Å². The molecule has 2 heterocycles. The van der Waals surface area contributed by atoms with E-state index in [0.717, 1.165) is 5.56 Å². The maximum atomic E-state index is 12.4. The van der Waals surface area contributed by atoms with Crippen molar-refractivity contribution in [1.29, 1.82) is 0 Å². The van der Waals surface area contributed by atoms with Gasteiger partial charge in [0.25, 0.3) is 5.91 Å². The minimum atomic E-state index is -0.893. The van der Waals surface area contributed by atoms with Gasteiger partial charge in [-0.3, -0.25) is 4.79 Å². The first-order valence-corrected chi connectivity index (χ1v) is 8.39. The van der Waals surface area contributed by atoms with Gasteiger partial charge in [-0.15, -0.1) is 0 Å². The van der Waals surface area contributed by atoms with Crippen molar-refractivity contribution in [3.63, 3.8) is 0 Å². The van der Waals surface area contributed by atoms with E-state index in [4.69, 9.17) is 14.2 Å². The van der Waals surface area contributed by atoms with Crippen LogP contribution in [0.25, 0.3) is 0 Å². The Labute approximate surface area is 155 Å². The molecule has 1 aliphatic heterocycles. The third kappa shape index (κ3) is 3.62. The van der Waals surface area contributed by atoms with Crippen molar-refractivity contribution in [3.8, 4) is 5.75 Å². The fourth-order valence-corrected chi connectivity index (χ4v) is 2.73. The zero-order valence-electron chi connectivity index (χ0n) is 14.9. The molecule has 0 fully saturated rings. The molecule has 1 amide bonds. The fraction of sp³-hybridized carbons (Fsp3) is 0.333. The Hall–Kier alpha value is -3.36. The number of esters is 2. The van der Waals surface area contributed by atoms with Crippen LogP contribution in [-0.2, 0) is 20.9 Å². The standard InChI is InChI=1S/C18H19N3O6/c1-3-26-17(23)12-9-19-16(22)14-15(13(18(24)25-2)20-21(12)14)27-10-11-7-5-4-6-8-11/h4-8,12H,3,9-10H2,1-2H3,(H,19,22). The number of amides is 1. The molecule has 0 radical (unpaired) electrons. The van der Waals surface area contributed by atoms with Gasteiger partial charge in [0.2, 0.25) is 5.69 Å². The summed E-state index contributed by atoms with van der Waals surface area (Å²) in [5, 5.41) is 6.73. The lowest BCUT2D eigenvalue weighted by molar-refractivity contribution is -0.147. The van der Waals surface area contributed by atoms with Gasteiger partial charge in [0.15, 0.2) is 17.5 Å². The van der Waals surface area contributed by atoms with Crippen molar-refractivity contribution >= 4 is 17.8 Å². The highest BCUT2D eigenvalue weighted by molar-refractivity contribution is 6.02. The van der Waals surface area contributed by atoms with Crippen LogP contribution in [0.5, 0.6) is 5.75 Å². The molecule has 0 bridgehead atoms. The Kier molecular flexibility index (Phi) is 5.39. The van der Waals surface area contributed by atoms with Crippen molar-refractivity contribution in [1.82, 2.24) is 15.1 Å². The molecule has 1 aromatic heterocycles. The molecule has 0 saturated carbocycles. The van der Waals surface area contributed by atoms with E-state index in [9.17, 15) is 14.4 Å². The first-order chi connectivity index (χ1) is 13.1. The van der Waals surface area contributed by atoms with E-state index in [1.165, 1.54) is 11.8 Å². The summed E-state index contributed by atoms with van der Waals surface area (Å²) in [5.74, 6) is -1.86. The number of methoxy groups -OCH3 is 1. The summed E-state index contributed by atoms with van der Waals surface area (Å²) < 4.78 is 16.7. The van der Waals surface area contributed by atoms with Crippen LogP contribution in [0.3, 0.4) is 0 Å². The minimum absolute atomic E-state index is 0.00504. The molecule has 3 rings (SSSR count). The first-order valence-electron chi connectivity index (χ1n) is 8.39. The molecular weight excluding hydrogens is 354 g/mol. The molecule has 1 aromatic carbocycles. The van der Waals surface area contributed by atoms with Gasteiger partial charge in [0, 0.05) is 0 Å². The second-order valence-corrected chi connectivity index (χ2v) is 5.71. The number of ether oxygens (including phenoxy) is 3. The molecule has 1 aliphatic rings. The molecule has 9 heteroatoms. The summed E-state index contributed by atoms with van der Waals surface area (Å²) in [7, 11) is 1.20. The van der Waals surface area contributed by atoms with E-state index in [0.29, 0.717) is 0 Å². The van der Waals surface area contributed by atoms with Crippen LogP contribution in [-0.4, -0.2) is 47.9 Å². The number of fused-ring (bicyclic) bond motifs is 1. The highest BCUT2D eigenvalue weighted by Crippen LogP contribution is 2.30. The smallest absolute Gasteiger partial charge is 0.362 e. The molecule has 0 saturated heterocycles. The molecule has 27 heavy (non-hydrogen) atoms. The van der Waals surface area contributed by atoms with E-state index in [1.54, 1.807) is 6.92 Å². The van der Waals surface area contributed by atoms with Crippen LogP contribution in [0.1, 0.15) is 39.5 Å². The van der Waals surface area contributed by atoms with Crippen molar-refractivity contribution < 1.29 is 28.6 Å². The van der Waals surface area contributed by atoms with E-state index >= 15 is 0 Å². The second-order valence-electron chi connectivity index (χ2n) is 5.71. The van der Waals surface area contributed by atoms with E-state index < -0.39 is 23.9 Å². The third-order valence-electron chi connectivity index (χ3n) is 4.00. The Bertz CT molecular complexity index is 861. The maximum absolute atomic E-state index is 12.4. The number of hydrogen-bond acceptors (Lipinski definition) is 7. The lowest BCUT2D eigenvalue weighted by Crippen LogP contribution is -2.43. The lowest BCUT2D eigenvalue weighted by Gasteiger charge is -2.23. The Morgan fingerprint density at radius 3 is 2.70 bits per heavy atom. The molecule has 0 aliphatic carbocycles. The van der Waals surface area contributed by atoms with E-state index in [1.807, 2.05) is 30.3 Å². The largest absolute Gasteiger partial charge is 0.484 e. The van der Waals surface area contributed by atoms with Crippen LogP contribution in [0.4, 0.5) is 0 Å². The predicted molar refractivity (Wildman–Crippen MR) is 92.3 cm³/mol. The summed E-state index contributed by atoms with van der Waals surface area (Å²) in [6.07, 6.45) is 0. The van der Waals surface area contributed by atoms with Gasteiger partial charge in [-0.05, 0) is 12.5 Å². The SMILES string of the molecule is CCOC(=O)C1CNC(=O)c2c(OCc3ccccc3)c(C(=O)OC)nn21. The van der Waals surface area contributed by atoms with Crippen LogP contribution >= 0.6 is 0 Å². The molecule has 0 spiro atoms. The highest BCUT2D eigenvalue weighted by atomic mass is 16.5. The molecule has 9 nitrogen and oxygen atoms in total. The Morgan fingerprint density at radius 2 is 2.04 bits per heavy atom. The lowest BCUT2D eigenvalue weighted by atomic mass is 10.2. The number of aromatic nitrogens is 2. The number of nitrogens with one attached hydrogen (secondary N) is 1. The highest BCUT2D eigenvalue weighted by Gasteiger charge is 2.39. The molecule has 1 unspecified atom stereocenters. The number of rotatable bonds is 6. The molecule has 142 valence electrons. The number of carbonyl (C=O) groups is 3. The van der Waals surface area contributed by atoms with Crippen molar-refractivity contribution in [2.24, 2.45) is 0 Å². The second kappa shape index (κ2) is 7.90. The molecular formula is C18H19N3O6. The van der Waals surface area contributed by atoms with Crippen molar-refractivity contribution in [2.75, 3.05) is 20.3 Å². The van der Waals surface area contributed by atoms with Gasteiger partial charge < -0.3 is 19.5 Å². The van der Waals surface area contributed by atoms with Crippen molar-refractivity contribution in [2.45, 2.75) is 19.6 Å². The summed E-state index contributed by atoms with van der Waals surface area (Å²) in [4.78, 5) is 36.8. The number of carbonyl (C=O) groups excluding carboxylic acids is 3. The number of hydrogen-bond donors (Lipinski definition) is 1. The van der Waals surface area contributed by atoms with E-state index in [2.05, 4.69) is 10.4 Å². The van der Waals surface area contributed by atoms with Crippen LogP contribution in [0, 0.1) is 0 Å². The van der Waals surface area contributed by atoms with Crippen LogP contribution < -0.4 is 10.1 Å². The third-order valence-corrected chi connectivity index (χ3v) is 4.00. The average molecular weight is 373 g/mol. The number of benzene rings is 1. The Balaban J connectivity index is 2.01. The quantitative estimate of drug-likeness (QED) is 0.755. The molecule has 2 aromatic rings. The van der Waals surface area contributed by atoms with Gasteiger partial charge in [-0.1, -0.05) is 30.3 Å². The first kappa shape index (κ1) is 18.4. The maximum Gasteiger partial charge on any atom is 0.362 e. The molecule has 1 N–H and O–H groups in total. The zero-order chi connectivity index (χ0) is 19.4. The summed E-state index contributed by atoms with van der Waals surface area (Å²) in [6, 6.07) is 8.34.